The molecule has 3 N–H and O–H groups in total. The van der Waals surface area contributed by atoms with Gasteiger partial charge in [-0.25, -0.2) is 0 Å². The third-order valence-electron chi connectivity index (χ3n) is 3.10. The molecule has 0 aliphatic heterocycles. The second kappa shape index (κ2) is 5.87. The van der Waals surface area contributed by atoms with Gasteiger partial charge in [0.2, 0.25) is 0 Å². The van der Waals surface area contributed by atoms with Gasteiger partial charge in [-0.2, -0.15) is 0 Å². The van der Waals surface area contributed by atoms with E-state index in [1.165, 1.54) is 16.0 Å². The fourth-order valence-electron chi connectivity index (χ4n) is 2.04. The Kier molecular flexibility index (Phi) is 4.43. The summed E-state index contributed by atoms with van der Waals surface area (Å²) in [5, 5.41) is 5.52. The summed E-state index contributed by atoms with van der Waals surface area (Å²) in [5.41, 5.74) is 9.44. The van der Waals surface area contributed by atoms with Crippen LogP contribution >= 0.6 is 27.3 Å². The molecule has 2 nitrogen and oxygen atoms in total. The molecule has 2 aromatic rings. The van der Waals surface area contributed by atoms with E-state index in [0.29, 0.717) is 6.04 Å². The number of hydrogen-bond acceptors (Lipinski definition) is 3. The van der Waals surface area contributed by atoms with Crippen LogP contribution in [0.25, 0.3) is 0 Å². The van der Waals surface area contributed by atoms with Crippen molar-refractivity contribution in [2.75, 3.05) is 12.8 Å². The summed E-state index contributed by atoms with van der Waals surface area (Å²) in [5.74, 6) is 0. The first-order valence-electron chi connectivity index (χ1n) is 5.87. The van der Waals surface area contributed by atoms with Crippen molar-refractivity contribution in [3.8, 4) is 0 Å². The minimum Gasteiger partial charge on any atom is -0.398 e. The first-order chi connectivity index (χ1) is 8.61. The Morgan fingerprint density at radius 3 is 2.72 bits per heavy atom. The third kappa shape index (κ3) is 2.94. The quantitative estimate of drug-likeness (QED) is 0.837. The number of nitrogens with two attached hydrogens (primary N) is 1. The number of nitrogens with one attached hydrogen (secondary N) is 1. The number of anilines is 1. The first kappa shape index (κ1) is 13.6. The van der Waals surface area contributed by atoms with Crippen LogP contribution in [-0.4, -0.2) is 7.05 Å². The molecule has 0 aliphatic rings. The van der Waals surface area contributed by atoms with Crippen molar-refractivity contribution in [2.24, 2.45) is 0 Å². The molecule has 1 aromatic heterocycles. The molecule has 0 saturated heterocycles. The van der Waals surface area contributed by atoms with Crippen LogP contribution in [0, 0.1) is 6.92 Å². The van der Waals surface area contributed by atoms with Crippen molar-refractivity contribution < 1.29 is 0 Å². The van der Waals surface area contributed by atoms with E-state index >= 15 is 0 Å². The molecule has 0 amide bonds. The molecule has 0 spiro atoms. The molecule has 96 valence electrons. The van der Waals surface area contributed by atoms with Gasteiger partial charge in [-0.1, -0.05) is 22.0 Å². The van der Waals surface area contributed by atoms with E-state index in [0.717, 1.165) is 16.6 Å². The van der Waals surface area contributed by atoms with Gasteiger partial charge < -0.3 is 11.1 Å². The predicted octanol–water partition coefficient (Wildman–Crippen LogP) is 3.90. The van der Waals surface area contributed by atoms with Crippen LogP contribution < -0.4 is 11.1 Å². The zero-order valence-electron chi connectivity index (χ0n) is 10.5. The maximum absolute atomic E-state index is 6.06. The Morgan fingerprint density at radius 1 is 1.39 bits per heavy atom. The van der Waals surface area contributed by atoms with Crippen molar-refractivity contribution >= 4 is 33.0 Å². The van der Waals surface area contributed by atoms with E-state index in [2.05, 4.69) is 45.7 Å². The Labute approximate surface area is 120 Å². The van der Waals surface area contributed by atoms with E-state index in [4.69, 9.17) is 5.73 Å². The van der Waals surface area contributed by atoms with Gasteiger partial charge >= 0.3 is 0 Å². The smallest absolute Gasteiger partial charge is 0.0456 e. The molecule has 1 unspecified atom stereocenters. The van der Waals surface area contributed by atoms with Gasteiger partial charge in [-0.05, 0) is 55.1 Å². The van der Waals surface area contributed by atoms with Gasteiger partial charge in [0.1, 0.15) is 0 Å². The summed E-state index contributed by atoms with van der Waals surface area (Å²) < 4.78 is 1.03. The number of halogens is 1. The van der Waals surface area contributed by atoms with Gasteiger partial charge in [0, 0.05) is 21.1 Å². The van der Waals surface area contributed by atoms with Crippen LogP contribution in [0.4, 0.5) is 5.69 Å². The lowest BCUT2D eigenvalue weighted by atomic mass is 10.0. The lowest BCUT2D eigenvalue weighted by Crippen LogP contribution is -2.19. The molecule has 1 heterocycles. The Hall–Kier alpha value is -0.840. The van der Waals surface area contributed by atoms with E-state index in [1.807, 2.05) is 19.2 Å². The molecule has 0 bridgehead atoms. The summed E-state index contributed by atoms with van der Waals surface area (Å²) in [7, 11) is 2.00. The van der Waals surface area contributed by atoms with Gasteiger partial charge in [0.25, 0.3) is 0 Å². The molecule has 0 saturated carbocycles. The average molecular weight is 325 g/mol. The van der Waals surface area contributed by atoms with Crippen molar-refractivity contribution in [1.29, 1.82) is 0 Å². The second-order valence-electron chi connectivity index (χ2n) is 4.36. The highest BCUT2D eigenvalue weighted by Crippen LogP contribution is 2.29. The molecule has 0 aliphatic carbocycles. The monoisotopic (exact) mass is 324 g/mol. The van der Waals surface area contributed by atoms with E-state index < -0.39 is 0 Å². The topological polar surface area (TPSA) is 38.0 Å². The molecule has 0 fully saturated rings. The van der Waals surface area contributed by atoms with E-state index in [9.17, 15) is 0 Å². The van der Waals surface area contributed by atoms with Crippen LogP contribution in [0.5, 0.6) is 0 Å². The zero-order valence-corrected chi connectivity index (χ0v) is 12.9. The van der Waals surface area contributed by atoms with Crippen LogP contribution in [0.2, 0.25) is 0 Å². The lowest BCUT2D eigenvalue weighted by Gasteiger charge is -2.17. The molecule has 1 aromatic carbocycles. The Morgan fingerprint density at radius 2 is 2.17 bits per heavy atom. The first-order valence-corrected chi connectivity index (χ1v) is 7.54. The Balaban J connectivity index is 2.23. The summed E-state index contributed by atoms with van der Waals surface area (Å²) >= 11 is 5.23. The molecule has 18 heavy (non-hydrogen) atoms. The molecular formula is C14H17BrN2S. The van der Waals surface area contributed by atoms with Gasteiger partial charge in [0.15, 0.2) is 0 Å². The molecular weight excluding hydrogens is 308 g/mol. The normalized spacial score (nSPS) is 12.6. The Bertz CT molecular complexity index is 536. The summed E-state index contributed by atoms with van der Waals surface area (Å²) in [6.45, 7) is 2.15. The third-order valence-corrected chi connectivity index (χ3v) is 4.72. The minimum atomic E-state index is 0.327. The fraction of sp³-hybridized carbons (Fsp3) is 0.286. The van der Waals surface area contributed by atoms with E-state index in [-0.39, 0.29) is 0 Å². The highest BCUT2D eigenvalue weighted by Gasteiger charge is 2.15. The summed E-state index contributed by atoms with van der Waals surface area (Å²) in [4.78, 5) is 1.39. The van der Waals surface area contributed by atoms with Crippen LogP contribution in [0.15, 0.2) is 34.1 Å². The van der Waals surface area contributed by atoms with Crippen LogP contribution in [0.3, 0.4) is 0 Å². The molecule has 4 heteroatoms. The highest BCUT2D eigenvalue weighted by atomic mass is 79.9. The predicted molar refractivity (Wildman–Crippen MR) is 83.1 cm³/mol. The maximum atomic E-state index is 6.06. The zero-order chi connectivity index (χ0) is 13.1. The maximum Gasteiger partial charge on any atom is 0.0456 e. The highest BCUT2D eigenvalue weighted by molar-refractivity contribution is 9.10. The van der Waals surface area contributed by atoms with Crippen molar-refractivity contribution in [3.63, 3.8) is 0 Å². The average Bonchev–Trinajstić information content (AvgIpc) is 2.75. The van der Waals surface area contributed by atoms with Gasteiger partial charge in [0.05, 0.1) is 0 Å². The molecule has 2 rings (SSSR count). The summed E-state index contributed by atoms with van der Waals surface area (Å²) in [6, 6.07) is 8.58. The summed E-state index contributed by atoms with van der Waals surface area (Å²) in [6.07, 6.45) is 0.914. The largest absolute Gasteiger partial charge is 0.398 e. The number of thiophene rings is 1. The van der Waals surface area contributed by atoms with Crippen LogP contribution in [-0.2, 0) is 6.42 Å². The SMILES string of the molecule is CNC(Cc1ccc(Br)cc1N)c1sccc1C. The molecule has 0 radical (unpaired) electrons. The fourth-order valence-corrected chi connectivity index (χ4v) is 3.46. The van der Waals surface area contributed by atoms with Crippen molar-refractivity contribution in [1.82, 2.24) is 5.32 Å². The number of aryl methyl sites for hydroxylation is 1. The lowest BCUT2D eigenvalue weighted by molar-refractivity contribution is 0.600. The number of hydrogen-bond donors (Lipinski definition) is 2. The van der Waals surface area contributed by atoms with Gasteiger partial charge in [-0.3, -0.25) is 0 Å². The van der Waals surface area contributed by atoms with Crippen molar-refractivity contribution in [2.45, 2.75) is 19.4 Å². The minimum absolute atomic E-state index is 0.327. The standard InChI is InChI=1S/C14H17BrN2S/c1-9-5-6-18-14(9)13(17-2)7-10-3-4-11(15)8-12(10)16/h3-6,8,13,17H,7,16H2,1-2H3. The van der Waals surface area contributed by atoms with E-state index in [1.54, 1.807) is 11.3 Å². The van der Waals surface area contributed by atoms with Gasteiger partial charge in [-0.15, -0.1) is 11.3 Å². The number of benzene rings is 1. The van der Waals surface area contributed by atoms with Crippen LogP contribution in [0.1, 0.15) is 22.0 Å². The van der Waals surface area contributed by atoms with Crippen molar-refractivity contribution in [3.05, 3.63) is 50.1 Å². The number of nitrogen functional groups attached to an aromatic ring is 1. The molecule has 1 atom stereocenters. The second-order valence-corrected chi connectivity index (χ2v) is 6.22. The number of rotatable bonds is 4. The number of likely N-dealkylation sites (N-methyl/N-ethyl adjacent to an activating group) is 1.